The van der Waals surface area contributed by atoms with Gasteiger partial charge in [-0.05, 0) is 31.1 Å². The molecule has 4 heterocycles. The van der Waals surface area contributed by atoms with Crippen LogP contribution in [-0.2, 0) is 0 Å². The normalized spacial score (nSPS) is 14.2. The lowest BCUT2D eigenvalue weighted by atomic mass is 9.84. The third-order valence-electron chi connectivity index (χ3n) is 5.97. The molecule has 0 bridgehead atoms. The van der Waals surface area contributed by atoms with Gasteiger partial charge in [-0.1, -0.05) is 18.2 Å². The monoisotopic (exact) mass is 453 g/mol. The quantitative estimate of drug-likeness (QED) is 0.444. The molecule has 0 radical (unpaired) electrons. The minimum atomic E-state index is -0.469. The first-order valence-corrected chi connectivity index (χ1v) is 11.2. The van der Waals surface area contributed by atoms with Gasteiger partial charge in [-0.2, -0.15) is 0 Å². The molecule has 1 aromatic carbocycles. The van der Waals surface area contributed by atoms with E-state index in [2.05, 4.69) is 30.2 Å². The van der Waals surface area contributed by atoms with Gasteiger partial charge in [0.05, 0.1) is 23.1 Å². The predicted molar refractivity (Wildman–Crippen MR) is 133 cm³/mol. The Balaban J connectivity index is 1.35. The number of rotatable bonds is 5. The molecule has 1 aliphatic heterocycles. The standard InChI is InChI=1S/C24H24BN7O2/c1-25(34)32-12-10-31(11-13-32)22-7-8-26-16-21(22)30-24(33)20-6-9-27-23(29-20)18-14-17-4-2-3-5-19(17)28-15-18/h2-9,14-16,34H,10-13H2,1H3,(H,30,33). The number of amides is 1. The summed E-state index contributed by atoms with van der Waals surface area (Å²) >= 11 is 0. The number of benzene rings is 1. The topological polar surface area (TPSA) is 107 Å². The van der Waals surface area contributed by atoms with Gasteiger partial charge in [-0.3, -0.25) is 14.8 Å². The minimum absolute atomic E-state index is 0.256. The Hall–Kier alpha value is -3.89. The lowest BCUT2D eigenvalue weighted by molar-refractivity contribution is 0.102. The van der Waals surface area contributed by atoms with Crippen molar-refractivity contribution in [2.75, 3.05) is 36.4 Å². The Morgan fingerprint density at radius 1 is 1.03 bits per heavy atom. The molecule has 1 aliphatic rings. The van der Waals surface area contributed by atoms with Crippen LogP contribution < -0.4 is 10.2 Å². The predicted octanol–water partition coefficient (Wildman–Crippen LogP) is 2.57. The second-order valence-corrected chi connectivity index (χ2v) is 8.18. The first-order valence-electron chi connectivity index (χ1n) is 11.2. The van der Waals surface area contributed by atoms with E-state index >= 15 is 0 Å². The van der Waals surface area contributed by atoms with Gasteiger partial charge >= 0.3 is 7.05 Å². The molecule has 1 saturated heterocycles. The van der Waals surface area contributed by atoms with Crippen LogP contribution >= 0.6 is 0 Å². The molecule has 0 spiro atoms. The number of carbonyl (C=O) groups is 1. The Morgan fingerprint density at radius 2 is 1.85 bits per heavy atom. The number of anilines is 2. The molecule has 4 aromatic rings. The highest BCUT2D eigenvalue weighted by molar-refractivity contribution is 6.45. The molecule has 1 fully saturated rings. The SMILES string of the molecule is CB(O)N1CCN(c2ccncc2NC(=O)c2ccnc(-c3cnc4ccccc4c3)n2)CC1. The molecule has 9 nitrogen and oxygen atoms in total. The molecule has 0 aliphatic carbocycles. The Kier molecular flexibility index (Phi) is 6.15. The van der Waals surface area contributed by atoms with Crippen LogP contribution in [-0.4, -0.2) is 68.9 Å². The number of fused-ring (bicyclic) bond motifs is 1. The van der Waals surface area contributed by atoms with Gasteiger partial charge < -0.3 is 20.1 Å². The summed E-state index contributed by atoms with van der Waals surface area (Å²) in [5.41, 5.74) is 3.39. The first-order chi connectivity index (χ1) is 16.6. The highest BCUT2D eigenvalue weighted by Crippen LogP contribution is 2.26. The van der Waals surface area contributed by atoms with Gasteiger partial charge in [0.15, 0.2) is 5.82 Å². The van der Waals surface area contributed by atoms with E-state index in [-0.39, 0.29) is 11.6 Å². The van der Waals surface area contributed by atoms with Gasteiger partial charge in [-0.15, -0.1) is 0 Å². The molecule has 0 saturated carbocycles. The number of para-hydroxylation sites is 1. The van der Waals surface area contributed by atoms with Gasteiger partial charge in [0.25, 0.3) is 5.91 Å². The van der Waals surface area contributed by atoms with Gasteiger partial charge in [-0.25, -0.2) is 9.97 Å². The van der Waals surface area contributed by atoms with Crippen molar-refractivity contribution in [3.05, 3.63) is 72.9 Å². The number of nitrogens with one attached hydrogen (secondary N) is 1. The summed E-state index contributed by atoms with van der Waals surface area (Å²) in [7, 11) is -0.469. The third-order valence-corrected chi connectivity index (χ3v) is 5.97. The zero-order valence-corrected chi connectivity index (χ0v) is 18.8. The Bertz CT molecular complexity index is 1330. The Labute approximate surface area is 197 Å². The number of hydrogen-bond donors (Lipinski definition) is 2. The van der Waals surface area contributed by atoms with Crippen molar-refractivity contribution in [1.82, 2.24) is 24.7 Å². The zero-order valence-electron chi connectivity index (χ0n) is 18.8. The van der Waals surface area contributed by atoms with Crippen molar-refractivity contribution in [3.63, 3.8) is 0 Å². The smallest absolute Gasteiger partial charge is 0.376 e. The van der Waals surface area contributed by atoms with Crippen LogP contribution in [0.1, 0.15) is 10.5 Å². The van der Waals surface area contributed by atoms with Crippen molar-refractivity contribution >= 4 is 35.2 Å². The third kappa shape index (κ3) is 4.59. The average molecular weight is 453 g/mol. The average Bonchev–Trinajstić information content (AvgIpc) is 2.89. The zero-order chi connectivity index (χ0) is 23.5. The van der Waals surface area contributed by atoms with E-state index in [1.165, 1.54) is 0 Å². The number of pyridine rings is 2. The van der Waals surface area contributed by atoms with Crippen LogP contribution in [0.2, 0.25) is 6.82 Å². The maximum atomic E-state index is 13.1. The van der Waals surface area contributed by atoms with Crippen molar-refractivity contribution < 1.29 is 9.82 Å². The fourth-order valence-electron chi connectivity index (χ4n) is 4.10. The molecule has 2 N–H and O–H groups in total. The van der Waals surface area contributed by atoms with E-state index in [9.17, 15) is 9.82 Å². The number of carbonyl (C=O) groups excluding carboxylic acids is 1. The summed E-state index contributed by atoms with van der Waals surface area (Å²) in [6, 6.07) is 13.3. The van der Waals surface area contributed by atoms with Crippen molar-refractivity contribution in [2.24, 2.45) is 0 Å². The lowest BCUT2D eigenvalue weighted by Gasteiger charge is -2.37. The summed E-state index contributed by atoms with van der Waals surface area (Å²) in [4.78, 5) is 34.8. The second kappa shape index (κ2) is 9.54. The summed E-state index contributed by atoms with van der Waals surface area (Å²) in [5.74, 6) is 0.0980. The van der Waals surface area contributed by atoms with Crippen LogP contribution in [0.15, 0.2) is 67.3 Å². The molecule has 5 rings (SSSR count). The first kappa shape index (κ1) is 21.9. The van der Waals surface area contributed by atoms with Crippen LogP contribution in [0, 0.1) is 0 Å². The maximum absolute atomic E-state index is 13.1. The van der Waals surface area contributed by atoms with Crippen LogP contribution in [0.3, 0.4) is 0 Å². The van der Waals surface area contributed by atoms with Crippen LogP contribution in [0.25, 0.3) is 22.3 Å². The molecule has 34 heavy (non-hydrogen) atoms. The Morgan fingerprint density at radius 3 is 2.68 bits per heavy atom. The highest BCUT2D eigenvalue weighted by Gasteiger charge is 2.24. The largest absolute Gasteiger partial charge is 0.437 e. The van der Waals surface area contributed by atoms with E-state index in [1.807, 2.05) is 41.2 Å². The van der Waals surface area contributed by atoms with E-state index in [1.54, 1.807) is 37.7 Å². The van der Waals surface area contributed by atoms with E-state index in [0.29, 0.717) is 11.5 Å². The fourth-order valence-corrected chi connectivity index (χ4v) is 4.10. The van der Waals surface area contributed by atoms with E-state index in [0.717, 1.165) is 48.3 Å². The molecule has 1 amide bonds. The van der Waals surface area contributed by atoms with Crippen molar-refractivity contribution in [2.45, 2.75) is 6.82 Å². The van der Waals surface area contributed by atoms with Crippen molar-refractivity contribution in [1.29, 1.82) is 0 Å². The lowest BCUT2D eigenvalue weighted by Crippen LogP contribution is -2.51. The second-order valence-electron chi connectivity index (χ2n) is 8.18. The molecular formula is C24H24BN7O2. The van der Waals surface area contributed by atoms with Gasteiger partial charge in [0.1, 0.15) is 5.69 Å². The van der Waals surface area contributed by atoms with Crippen LogP contribution in [0.5, 0.6) is 0 Å². The molecule has 10 heteroatoms. The van der Waals surface area contributed by atoms with E-state index in [4.69, 9.17) is 0 Å². The van der Waals surface area contributed by atoms with E-state index < -0.39 is 7.05 Å². The molecule has 3 aromatic heterocycles. The maximum Gasteiger partial charge on any atom is 0.376 e. The summed E-state index contributed by atoms with van der Waals surface area (Å²) in [6.07, 6.45) is 6.64. The molecular weight excluding hydrogens is 429 g/mol. The van der Waals surface area contributed by atoms with Gasteiger partial charge in [0.2, 0.25) is 0 Å². The fraction of sp³-hybridized carbons (Fsp3) is 0.208. The number of aromatic nitrogens is 4. The molecule has 0 atom stereocenters. The number of nitrogens with zero attached hydrogens (tertiary/aromatic N) is 6. The molecule has 0 unspecified atom stereocenters. The van der Waals surface area contributed by atoms with Gasteiger partial charge in [0, 0.05) is 55.7 Å². The van der Waals surface area contributed by atoms with Crippen LogP contribution in [0.4, 0.5) is 11.4 Å². The highest BCUT2D eigenvalue weighted by atomic mass is 16.2. The minimum Gasteiger partial charge on any atom is -0.437 e. The summed E-state index contributed by atoms with van der Waals surface area (Å²) in [5, 5.41) is 13.7. The number of hydrogen-bond acceptors (Lipinski definition) is 8. The summed E-state index contributed by atoms with van der Waals surface area (Å²) < 4.78 is 0. The summed E-state index contributed by atoms with van der Waals surface area (Å²) in [6.45, 7) is 4.73. The van der Waals surface area contributed by atoms with Crippen molar-refractivity contribution in [3.8, 4) is 11.4 Å². The molecule has 170 valence electrons. The number of piperazine rings is 1.